The summed E-state index contributed by atoms with van der Waals surface area (Å²) in [5, 5.41) is 2.78. The molecule has 1 aromatic carbocycles. The summed E-state index contributed by atoms with van der Waals surface area (Å²) in [6, 6.07) is 7.47. The SMILES string of the molecule is C[C@H](Cc1ccc(Cl)cc1)C(=O)N1CCN(C2(CNC(=O)C(F)(F)F)CCCCC2)CC1. The molecule has 9 heteroatoms. The lowest BCUT2D eigenvalue weighted by Crippen LogP contribution is -2.63. The van der Waals surface area contributed by atoms with Crippen LogP contribution in [0.4, 0.5) is 13.2 Å². The molecule has 1 saturated heterocycles. The number of nitrogens with zero attached hydrogens (tertiary/aromatic N) is 2. The van der Waals surface area contributed by atoms with Crippen molar-refractivity contribution in [2.45, 2.75) is 57.2 Å². The molecule has 1 aromatic rings. The minimum absolute atomic E-state index is 0.00768. The summed E-state index contributed by atoms with van der Waals surface area (Å²) in [6.07, 6.45) is 0.177. The van der Waals surface area contributed by atoms with Crippen molar-refractivity contribution < 1.29 is 22.8 Å². The second-order valence-electron chi connectivity index (χ2n) is 9.01. The van der Waals surface area contributed by atoms with E-state index in [1.807, 2.05) is 36.1 Å². The van der Waals surface area contributed by atoms with Crippen LogP contribution < -0.4 is 5.32 Å². The smallest absolute Gasteiger partial charge is 0.346 e. The lowest BCUT2D eigenvalue weighted by molar-refractivity contribution is -0.174. The van der Waals surface area contributed by atoms with Crippen LogP contribution in [0.5, 0.6) is 0 Å². The summed E-state index contributed by atoms with van der Waals surface area (Å²) in [5.74, 6) is -1.97. The number of hydrogen-bond donors (Lipinski definition) is 1. The molecule has 2 aliphatic rings. The Balaban J connectivity index is 1.57. The predicted molar refractivity (Wildman–Crippen MR) is 117 cm³/mol. The van der Waals surface area contributed by atoms with E-state index in [-0.39, 0.29) is 18.4 Å². The second kappa shape index (κ2) is 10.4. The van der Waals surface area contributed by atoms with Gasteiger partial charge in [-0.05, 0) is 37.0 Å². The monoisotopic (exact) mass is 473 g/mol. The molecule has 178 valence electrons. The highest BCUT2D eigenvalue weighted by Crippen LogP contribution is 2.34. The molecule has 0 radical (unpaired) electrons. The van der Waals surface area contributed by atoms with Gasteiger partial charge in [0.15, 0.2) is 0 Å². The Labute approximate surface area is 192 Å². The number of carbonyl (C=O) groups excluding carboxylic acids is 2. The van der Waals surface area contributed by atoms with Crippen LogP contribution in [0.2, 0.25) is 5.02 Å². The lowest BCUT2D eigenvalue weighted by atomic mass is 9.79. The first-order valence-electron chi connectivity index (χ1n) is 11.2. The van der Waals surface area contributed by atoms with E-state index in [4.69, 9.17) is 11.6 Å². The fraction of sp³-hybridized carbons (Fsp3) is 0.652. The highest BCUT2D eigenvalue weighted by molar-refractivity contribution is 6.30. The maximum absolute atomic E-state index is 13.0. The average molecular weight is 474 g/mol. The number of piperazine rings is 1. The molecule has 3 rings (SSSR count). The van der Waals surface area contributed by atoms with Crippen LogP contribution in [0.3, 0.4) is 0 Å². The fourth-order valence-electron chi connectivity index (χ4n) is 4.93. The molecule has 1 aliphatic heterocycles. The number of alkyl halides is 3. The molecule has 0 spiro atoms. The molecule has 0 bridgehead atoms. The lowest BCUT2D eigenvalue weighted by Gasteiger charge is -2.50. The van der Waals surface area contributed by atoms with Crippen LogP contribution >= 0.6 is 11.6 Å². The molecule has 0 unspecified atom stereocenters. The Morgan fingerprint density at radius 1 is 1.06 bits per heavy atom. The Kier molecular flexibility index (Phi) is 8.09. The van der Waals surface area contributed by atoms with E-state index in [1.54, 1.807) is 0 Å². The van der Waals surface area contributed by atoms with Gasteiger partial charge in [-0.2, -0.15) is 13.2 Å². The zero-order valence-electron chi connectivity index (χ0n) is 18.4. The Morgan fingerprint density at radius 2 is 1.66 bits per heavy atom. The maximum Gasteiger partial charge on any atom is 0.471 e. The van der Waals surface area contributed by atoms with Gasteiger partial charge in [-0.25, -0.2) is 0 Å². The topological polar surface area (TPSA) is 52.7 Å². The van der Waals surface area contributed by atoms with E-state index < -0.39 is 17.6 Å². The van der Waals surface area contributed by atoms with Crippen molar-refractivity contribution in [1.29, 1.82) is 0 Å². The van der Waals surface area contributed by atoms with Crippen molar-refractivity contribution in [3.63, 3.8) is 0 Å². The van der Waals surface area contributed by atoms with E-state index in [2.05, 4.69) is 10.2 Å². The van der Waals surface area contributed by atoms with E-state index in [9.17, 15) is 22.8 Å². The van der Waals surface area contributed by atoms with E-state index in [0.717, 1.165) is 37.7 Å². The van der Waals surface area contributed by atoms with Crippen molar-refractivity contribution in [2.75, 3.05) is 32.7 Å². The van der Waals surface area contributed by atoms with Gasteiger partial charge in [0, 0.05) is 49.2 Å². The van der Waals surface area contributed by atoms with Crippen molar-refractivity contribution in [3.8, 4) is 0 Å². The Morgan fingerprint density at radius 3 is 2.22 bits per heavy atom. The summed E-state index contributed by atoms with van der Waals surface area (Å²) in [7, 11) is 0. The molecule has 2 fully saturated rings. The first kappa shape index (κ1) is 24.8. The predicted octanol–water partition coefficient (Wildman–Crippen LogP) is 4.04. The average Bonchev–Trinajstić information content (AvgIpc) is 2.78. The highest BCUT2D eigenvalue weighted by atomic mass is 35.5. The van der Waals surface area contributed by atoms with Crippen molar-refractivity contribution in [3.05, 3.63) is 34.9 Å². The number of halogens is 4. The van der Waals surface area contributed by atoms with Gasteiger partial charge in [0.05, 0.1) is 0 Å². The van der Waals surface area contributed by atoms with Crippen LogP contribution in [0.1, 0.15) is 44.6 Å². The molecule has 1 heterocycles. The van der Waals surface area contributed by atoms with Gasteiger partial charge in [-0.15, -0.1) is 0 Å². The third kappa shape index (κ3) is 6.16. The Bertz CT molecular complexity index is 787. The van der Waals surface area contributed by atoms with Crippen LogP contribution in [0.15, 0.2) is 24.3 Å². The van der Waals surface area contributed by atoms with Gasteiger partial charge >= 0.3 is 12.1 Å². The van der Waals surface area contributed by atoms with Gasteiger partial charge in [-0.3, -0.25) is 14.5 Å². The molecular weight excluding hydrogens is 443 g/mol. The molecule has 2 amide bonds. The van der Waals surface area contributed by atoms with Gasteiger partial charge in [0.25, 0.3) is 0 Å². The van der Waals surface area contributed by atoms with E-state index >= 15 is 0 Å². The molecule has 1 atom stereocenters. The fourth-order valence-corrected chi connectivity index (χ4v) is 5.06. The van der Waals surface area contributed by atoms with E-state index in [0.29, 0.717) is 37.6 Å². The standard InChI is InChI=1S/C23H31ClF3N3O2/c1-17(15-18-5-7-19(24)8-6-18)20(31)29-11-13-30(14-12-29)22(9-3-2-4-10-22)16-28-21(32)23(25,26)27/h5-8,17H,2-4,9-16H2,1H3,(H,28,32)/t17-/m1/s1. The Hall–Kier alpha value is -1.80. The molecule has 0 aromatic heterocycles. The van der Waals surface area contributed by atoms with Gasteiger partial charge < -0.3 is 10.2 Å². The minimum atomic E-state index is -4.87. The molecule has 1 saturated carbocycles. The van der Waals surface area contributed by atoms with Crippen LogP contribution in [0, 0.1) is 5.92 Å². The molecule has 5 nitrogen and oxygen atoms in total. The molecular formula is C23H31ClF3N3O2. The second-order valence-corrected chi connectivity index (χ2v) is 9.45. The quantitative estimate of drug-likeness (QED) is 0.678. The van der Waals surface area contributed by atoms with Gasteiger partial charge in [0.2, 0.25) is 5.91 Å². The van der Waals surface area contributed by atoms with Crippen molar-refractivity contribution in [2.24, 2.45) is 5.92 Å². The van der Waals surface area contributed by atoms with Crippen molar-refractivity contribution >= 4 is 23.4 Å². The maximum atomic E-state index is 13.0. The zero-order chi connectivity index (χ0) is 23.4. The zero-order valence-corrected chi connectivity index (χ0v) is 19.1. The van der Waals surface area contributed by atoms with E-state index in [1.165, 1.54) is 0 Å². The largest absolute Gasteiger partial charge is 0.471 e. The van der Waals surface area contributed by atoms with Crippen LogP contribution in [-0.4, -0.2) is 66.1 Å². The normalized spacial score (nSPS) is 20.6. The summed E-state index contributed by atoms with van der Waals surface area (Å²) in [5.41, 5.74) is 0.582. The summed E-state index contributed by atoms with van der Waals surface area (Å²) in [4.78, 5) is 28.4. The third-order valence-corrected chi connectivity index (χ3v) is 7.01. The van der Waals surface area contributed by atoms with Crippen molar-refractivity contribution in [1.82, 2.24) is 15.1 Å². The number of carbonyl (C=O) groups is 2. The first-order valence-corrected chi connectivity index (χ1v) is 11.6. The number of benzene rings is 1. The van der Waals surface area contributed by atoms with Gasteiger partial charge in [0.1, 0.15) is 0 Å². The minimum Gasteiger partial charge on any atom is -0.346 e. The van der Waals surface area contributed by atoms with Crippen LogP contribution in [0.25, 0.3) is 0 Å². The molecule has 32 heavy (non-hydrogen) atoms. The summed E-state index contributed by atoms with van der Waals surface area (Å²) >= 11 is 5.92. The number of amides is 2. The molecule has 1 N–H and O–H groups in total. The molecule has 1 aliphatic carbocycles. The summed E-state index contributed by atoms with van der Waals surface area (Å²) < 4.78 is 38.1. The van der Waals surface area contributed by atoms with Crippen LogP contribution in [-0.2, 0) is 16.0 Å². The summed E-state index contributed by atoms with van der Waals surface area (Å²) in [6.45, 7) is 4.19. The third-order valence-electron chi connectivity index (χ3n) is 6.76. The number of hydrogen-bond acceptors (Lipinski definition) is 3. The number of nitrogens with one attached hydrogen (secondary N) is 1. The number of rotatable bonds is 6. The highest BCUT2D eigenvalue weighted by Gasteiger charge is 2.44. The first-order chi connectivity index (χ1) is 15.1. The van der Waals surface area contributed by atoms with Gasteiger partial charge in [-0.1, -0.05) is 49.9 Å².